The Balaban J connectivity index is 2.32. The van der Waals surface area contributed by atoms with Gasteiger partial charge in [-0.05, 0) is 27.0 Å². The quantitative estimate of drug-likeness (QED) is 0.666. The van der Waals surface area contributed by atoms with Crippen LogP contribution in [0.5, 0.6) is 0 Å². The topological polar surface area (TPSA) is 74.5 Å². The molecule has 2 rings (SSSR count). The summed E-state index contributed by atoms with van der Waals surface area (Å²) in [6.45, 7) is 7.21. The van der Waals surface area contributed by atoms with Gasteiger partial charge in [0.05, 0.1) is 4.92 Å². The van der Waals surface area contributed by atoms with Crippen molar-refractivity contribution < 1.29 is 4.92 Å². The lowest BCUT2D eigenvalue weighted by molar-refractivity contribution is -0.384. The number of hydrogen-bond acceptors (Lipinski definition) is 6. The first-order valence-electron chi connectivity index (χ1n) is 6.87. The zero-order valence-electron chi connectivity index (χ0n) is 12.2. The Hall–Kier alpha value is -1.89. The van der Waals surface area contributed by atoms with Gasteiger partial charge in [0.15, 0.2) is 0 Å². The number of nitrogens with zero attached hydrogens (tertiary/aromatic N) is 4. The number of likely N-dealkylation sites (N-methyl/N-ethyl adjacent to an activating group) is 1. The van der Waals surface area contributed by atoms with E-state index in [9.17, 15) is 10.1 Å². The lowest BCUT2D eigenvalue weighted by Gasteiger charge is -2.38. The van der Waals surface area contributed by atoms with Crippen LogP contribution in [0.2, 0.25) is 0 Å². The maximum absolute atomic E-state index is 11.2. The Bertz CT molecular complexity index is 494. The van der Waals surface area contributed by atoms with Gasteiger partial charge in [-0.3, -0.25) is 10.1 Å². The highest BCUT2D eigenvalue weighted by Gasteiger charge is 2.27. The van der Waals surface area contributed by atoms with Gasteiger partial charge < -0.3 is 15.1 Å². The molecule has 0 aromatic carbocycles. The molecule has 0 bridgehead atoms. The Kier molecular flexibility index (Phi) is 4.39. The summed E-state index contributed by atoms with van der Waals surface area (Å²) in [5.74, 6) is 1.15. The Morgan fingerprint density at radius 2 is 2.25 bits per heavy atom. The van der Waals surface area contributed by atoms with Crippen LogP contribution in [-0.2, 0) is 0 Å². The van der Waals surface area contributed by atoms with E-state index < -0.39 is 0 Å². The Labute approximate surface area is 118 Å². The molecule has 0 spiro atoms. The van der Waals surface area contributed by atoms with Crippen molar-refractivity contribution in [2.45, 2.75) is 19.9 Å². The highest BCUT2D eigenvalue weighted by atomic mass is 16.6. The molecule has 1 unspecified atom stereocenters. The molecule has 1 atom stereocenters. The normalized spacial score (nSPS) is 19.9. The minimum atomic E-state index is -0.360. The van der Waals surface area contributed by atoms with Crippen LogP contribution < -0.4 is 10.2 Å². The predicted octanol–water partition coefficient (Wildman–Crippen LogP) is 1.56. The second kappa shape index (κ2) is 6.04. The van der Waals surface area contributed by atoms with Crippen LogP contribution in [0.4, 0.5) is 17.3 Å². The summed E-state index contributed by atoms with van der Waals surface area (Å²) in [4.78, 5) is 19.5. The standard InChI is InChI=1S/C13H21N5O2/c1-4-14-12-6-5-11(18(19)20)13(15-12)17-8-7-16(3)10(2)9-17/h5-6,10H,4,7-9H2,1-3H3,(H,14,15). The van der Waals surface area contributed by atoms with Crippen molar-refractivity contribution in [3.8, 4) is 0 Å². The number of pyridine rings is 1. The van der Waals surface area contributed by atoms with Gasteiger partial charge in [-0.25, -0.2) is 4.98 Å². The molecule has 0 aliphatic carbocycles. The van der Waals surface area contributed by atoms with E-state index in [0.717, 1.165) is 26.2 Å². The van der Waals surface area contributed by atoms with Crippen LogP contribution in [0.25, 0.3) is 0 Å². The second-order valence-corrected chi connectivity index (χ2v) is 5.10. The molecule has 0 radical (unpaired) electrons. The van der Waals surface area contributed by atoms with E-state index in [-0.39, 0.29) is 10.6 Å². The molecule has 7 nitrogen and oxygen atoms in total. The lowest BCUT2D eigenvalue weighted by atomic mass is 10.2. The maximum atomic E-state index is 11.2. The number of piperazine rings is 1. The van der Waals surface area contributed by atoms with Gasteiger partial charge >= 0.3 is 5.69 Å². The summed E-state index contributed by atoms with van der Waals surface area (Å²) in [6.07, 6.45) is 0. The molecule has 20 heavy (non-hydrogen) atoms. The third-order valence-electron chi connectivity index (χ3n) is 3.67. The van der Waals surface area contributed by atoms with Crippen LogP contribution >= 0.6 is 0 Å². The first-order valence-corrected chi connectivity index (χ1v) is 6.87. The van der Waals surface area contributed by atoms with E-state index >= 15 is 0 Å². The number of nitrogens with one attached hydrogen (secondary N) is 1. The number of hydrogen-bond donors (Lipinski definition) is 1. The summed E-state index contributed by atoms with van der Waals surface area (Å²) in [5, 5.41) is 14.3. The second-order valence-electron chi connectivity index (χ2n) is 5.10. The zero-order valence-corrected chi connectivity index (χ0v) is 12.2. The van der Waals surface area contributed by atoms with Gasteiger partial charge in [-0.1, -0.05) is 0 Å². The van der Waals surface area contributed by atoms with Crippen molar-refractivity contribution in [2.75, 3.05) is 43.4 Å². The van der Waals surface area contributed by atoms with Crippen molar-refractivity contribution in [1.29, 1.82) is 0 Å². The predicted molar refractivity (Wildman–Crippen MR) is 79.4 cm³/mol. The lowest BCUT2D eigenvalue weighted by Crippen LogP contribution is -2.50. The molecule has 110 valence electrons. The summed E-state index contributed by atoms with van der Waals surface area (Å²) < 4.78 is 0. The van der Waals surface area contributed by atoms with Crippen LogP contribution in [-0.4, -0.2) is 54.1 Å². The Morgan fingerprint density at radius 1 is 1.50 bits per heavy atom. The summed E-state index contributed by atoms with van der Waals surface area (Å²) in [5.41, 5.74) is 0.0726. The van der Waals surface area contributed by atoms with E-state index in [1.165, 1.54) is 6.07 Å². The van der Waals surface area contributed by atoms with Crippen LogP contribution in [0.3, 0.4) is 0 Å². The number of nitro groups is 1. The smallest absolute Gasteiger partial charge is 0.311 e. The van der Waals surface area contributed by atoms with Gasteiger partial charge in [0, 0.05) is 38.3 Å². The molecule has 1 aliphatic rings. The first-order chi connectivity index (χ1) is 9.52. The van der Waals surface area contributed by atoms with Gasteiger partial charge in [-0.2, -0.15) is 0 Å². The van der Waals surface area contributed by atoms with E-state index in [1.807, 2.05) is 11.8 Å². The van der Waals surface area contributed by atoms with Crippen molar-refractivity contribution in [1.82, 2.24) is 9.88 Å². The number of anilines is 2. The average molecular weight is 279 g/mol. The van der Waals surface area contributed by atoms with Gasteiger partial charge in [-0.15, -0.1) is 0 Å². The molecule has 0 saturated carbocycles. The third-order valence-corrected chi connectivity index (χ3v) is 3.67. The number of aromatic nitrogens is 1. The van der Waals surface area contributed by atoms with E-state index in [0.29, 0.717) is 17.7 Å². The molecule has 1 aromatic rings. The molecule has 0 amide bonds. The molecule has 2 heterocycles. The van der Waals surface area contributed by atoms with Crippen LogP contribution in [0.1, 0.15) is 13.8 Å². The van der Waals surface area contributed by atoms with Crippen molar-refractivity contribution in [3.05, 3.63) is 22.2 Å². The largest absolute Gasteiger partial charge is 0.370 e. The van der Waals surface area contributed by atoms with Gasteiger partial charge in [0.25, 0.3) is 0 Å². The van der Waals surface area contributed by atoms with Crippen molar-refractivity contribution in [2.24, 2.45) is 0 Å². The van der Waals surface area contributed by atoms with Crippen LogP contribution in [0.15, 0.2) is 12.1 Å². The Morgan fingerprint density at radius 3 is 2.85 bits per heavy atom. The summed E-state index contributed by atoms with van der Waals surface area (Å²) >= 11 is 0. The third kappa shape index (κ3) is 2.98. The van der Waals surface area contributed by atoms with Gasteiger partial charge in [0.1, 0.15) is 5.82 Å². The van der Waals surface area contributed by atoms with Crippen molar-refractivity contribution >= 4 is 17.3 Å². The highest BCUT2D eigenvalue weighted by molar-refractivity contribution is 5.62. The molecular weight excluding hydrogens is 258 g/mol. The minimum Gasteiger partial charge on any atom is -0.370 e. The first kappa shape index (κ1) is 14.5. The van der Waals surface area contributed by atoms with Gasteiger partial charge in [0.2, 0.25) is 5.82 Å². The number of rotatable bonds is 4. The van der Waals surface area contributed by atoms with E-state index in [2.05, 4.69) is 29.2 Å². The SMILES string of the molecule is CCNc1ccc([N+](=O)[O-])c(N2CCN(C)C(C)C2)n1. The highest BCUT2D eigenvalue weighted by Crippen LogP contribution is 2.29. The monoisotopic (exact) mass is 279 g/mol. The van der Waals surface area contributed by atoms with Crippen LogP contribution in [0, 0.1) is 10.1 Å². The zero-order chi connectivity index (χ0) is 14.7. The summed E-state index contributed by atoms with van der Waals surface area (Å²) in [7, 11) is 2.07. The molecule has 7 heteroatoms. The van der Waals surface area contributed by atoms with E-state index in [1.54, 1.807) is 6.07 Å². The molecule has 1 saturated heterocycles. The fourth-order valence-electron chi connectivity index (χ4n) is 2.34. The molecule has 1 aromatic heterocycles. The fraction of sp³-hybridized carbons (Fsp3) is 0.615. The average Bonchev–Trinajstić information content (AvgIpc) is 2.42. The molecule has 1 N–H and O–H groups in total. The molecule has 1 fully saturated rings. The minimum absolute atomic E-state index is 0.0726. The molecule has 1 aliphatic heterocycles. The van der Waals surface area contributed by atoms with Crippen molar-refractivity contribution in [3.63, 3.8) is 0 Å². The van der Waals surface area contributed by atoms with E-state index in [4.69, 9.17) is 0 Å². The fourth-order valence-corrected chi connectivity index (χ4v) is 2.34. The summed E-state index contributed by atoms with van der Waals surface area (Å²) in [6, 6.07) is 3.54. The maximum Gasteiger partial charge on any atom is 0.311 e. The molecular formula is C13H21N5O2.